The van der Waals surface area contributed by atoms with Crippen LogP contribution in [0, 0.1) is 0 Å². The zero-order chi connectivity index (χ0) is 48.9. The standard InChI is InChI=1S/C53H95NO13/c1-3-5-7-9-11-13-15-17-19-20-21-23-24-26-28-30-32-34-36-42(57)41(54-45(58)37-35-33-31-29-27-25-22-18-16-14-12-10-8-6-4-2)40-64-52-50(63)48(61)51(44(39-56)66-52)67-53-49(62)47(60)46(59)43(38-55)65-53/h6,8,12,14,18,22,34,36,41-44,46-53,55-57,59-63H,3-5,7,9-11,13,15-17,19-21,23-33,35,37-40H2,1-2H3,(H,54,58)/b8-6-,14-12-,22-18-,36-34+. The molecule has 2 rings (SSSR count). The number of unbranched alkanes of at least 4 members (excludes halogenated alkanes) is 21. The maximum Gasteiger partial charge on any atom is 0.220 e. The summed E-state index contributed by atoms with van der Waals surface area (Å²) < 4.78 is 22.7. The molecule has 2 aliphatic rings. The van der Waals surface area contributed by atoms with E-state index in [0.717, 1.165) is 70.6 Å². The first-order chi connectivity index (χ1) is 32.6. The van der Waals surface area contributed by atoms with Crippen LogP contribution in [0.1, 0.15) is 187 Å². The molecule has 0 bridgehead atoms. The Labute approximate surface area is 403 Å². The van der Waals surface area contributed by atoms with Gasteiger partial charge in [-0.15, -0.1) is 0 Å². The number of carbonyl (C=O) groups excluding carboxylic acids is 1. The van der Waals surface area contributed by atoms with Gasteiger partial charge in [-0.25, -0.2) is 0 Å². The van der Waals surface area contributed by atoms with Crippen LogP contribution in [0.5, 0.6) is 0 Å². The van der Waals surface area contributed by atoms with E-state index in [9.17, 15) is 45.6 Å². The smallest absolute Gasteiger partial charge is 0.220 e. The van der Waals surface area contributed by atoms with Gasteiger partial charge >= 0.3 is 0 Å². The average molecular weight is 954 g/mol. The Morgan fingerprint density at radius 1 is 0.552 bits per heavy atom. The van der Waals surface area contributed by atoms with E-state index >= 15 is 0 Å². The number of ether oxygens (including phenoxy) is 4. The van der Waals surface area contributed by atoms with Crippen LogP contribution in [0.3, 0.4) is 0 Å². The topological polar surface area (TPSA) is 228 Å². The van der Waals surface area contributed by atoms with Gasteiger partial charge in [0.2, 0.25) is 5.91 Å². The van der Waals surface area contributed by atoms with Gasteiger partial charge in [-0.2, -0.15) is 0 Å². The molecule has 9 N–H and O–H groups in total. The average Bonchev–Trinajstić information content (AvgIpc) is 3.32. The van der Waals surface area contributed by atoms with Gasteiger partial charge < -0.3 is 65.1 Å². The Kier molecular flexibility index (Phi) is 36.1. The summed E-state index contributed by atoms with van der Waals surface area (Å²) in [5.74, 6) is -0.258. The van der Waals surface area contributed by atoms with Crippen molar-refractivity contribution in [2.45, 2.75) is 261 Å². The second kappa shape index (κ2) is 39.6. The summed E-state index contributed by atoms with van der Waals surface area (Å²) in [7, 11) is 0. The highest BCUT2D eigenvalue weighted by molar-refractivity contribution is 5.76. The van der Waals surface area contributed by atoms with Gasteiger partial charge in [0.15, 0.2) is 12.6 Å². The van der Waals surface area contributed by atoms with Crippen molar-refractivity contribution in [1.29, 1.82) is 0 Å². The summed E-state index contributed by atoms with van der Waals surface area (Å²) in [6, 6.07) is -0.924. The van der Waals surface area contributed by atoms with Crippen LogP contribution in [-0.4, -0.2) is 140 Å². The van der Waals surface area contributed by atoms with Crippen molar-refractivity contribution in [3.63, 3.8) is 0 Å². The molecular formula is C53H95NO13. The summed E-state index contributed by atoms with van der Waals surface area (Å²) >= 11 is 0. The van der Waals surface area contributed by atoms with Crippen LogP contribution in [0.25, 0.3) is 0 Å². The first-order valence-corrected chi connectivity index (χ1v) is 26.4. The van der Waals surface area contributed by atoms with Gasteiger partial charge in [0.05, 0.1) is 32.0 Å². The third kappa shape index (κ3) is 26.7. The van der Waals surface area contributed by atoms with E-state index in [1.807, 2.05) is 6.08 Å². The molecular weight excluding hydrogens is 859 g/mol. The highest BCUT2D eigenvalue weighted by atomic mass is 16.7. The number of nitrogens with one attached hydrogen (secondary N) is 1. The maximum absolute atomic E-state index is 13.2. The van der Waals surface area contributed by atoms with Gasteiger partial charge in [-0.05, 0) is 51.4 Å². The lowest BCUT2D eigenvalue weighted by atomic mass is 9.97. The Morgan fingerprint density at radius 2 is 1.03 bits per heavy atom. The van der Waals surface area contributed by atoms with Gasteiger partial charge in [0.1, 0.15) is 48.8 Å². The van der Waals surface area contributed by atoms with E-state index in [0.29, 0.717) is 6.42 Å². The normalized spacial score (nSPS) is 27.0. The first kappa shape index (κ1) is 61.1. The Hall–Kier alpha value is -2.05. The number of hydrogen-bond donors (Lipinski definition) is 9. The fourth-order valence-corrected chi connectivity index (χ4v) is 8.48. The number of carbonyl (C=O) groups is 1. The second-order valence-corrected chi connectivity index (χ2v) is 18.6. The number of amides is 1. The molecule has 0 radical (unpaired) electrons. The minimum Gasteiger partial charge on any atom is -0.394 e. The first-order valence-electron chi connectivity index (χ1n) is 26.4. The number of allylic oxidation sites excluding steroid dienone is 7. The van der Waals surface area contributed by atoms with Crippen molar-refractivity contribution in [2.24, 2.45) is 0 Å². The van der Waals surface area contributed by atoms with Crippen LogP contribution in [0.15, 0.2) is 48.6 Å². The molecule has 0 spiro atoms. The van der Waals surface area contributed by atoms with E-state index in [2.05, 4.69) is 55.6 Å². The van der Waals surface area contributed by atoms with Crippen LogP contribution in [0.2, 0.25) is 0 Å². The lowest BCUT2D eigenvalue weighted by Gasteiger charge is -2.46. The minimum absolute atomic E-state index is 0.258. The minimum atomic E-state index is -1.79. The molecule has 0 aromatic rings. The molecule has 1 amide bonds. The summed E-state index contributed by atoms with van der Waals surface area (Å²) in [6.07, 6.45) is 30.0. The van der Waals surface area contributed by atoms with Gasteiger partial charge in [0.25, 0.3) is 0 Å². The van der Waals surface area contributed by atoms with Crippen molar-refractivity contribution in [1.82, 2.24) is 5.32 Å². The lowest BCUT2D eigenvalue weighted by molar-refractivity contribution is -0.359. The zero-order valence-corrected chi connectivity index (χ0v) is 41.4. The molecule has 2 heterocycles. The Bertz CT molecular complexity index is 1310. The fourth-order valence-electron chi connectivity index (χ4n) is 8.48. The molecule has 14 heteroatoms. The van der Waals surface area contributed by atoms with Crippen molar-refractivity contribution in [3.05, 3.63) is 48.6 Å². The molecule has 2 saturated heterocycles. The van der Waals surface area contributed by atoms with Crippen LogP contribution in [0.4, 0.5) is 0 Å². The van der Waals surface area contributed by atoms with Crippen LogP contribution < -0.4 is 5.32 Å². The Balaban J connectivity index is 1.84. The van der Waals surface area contributed by atoms with Crippen LogP contribution >= 0.6 is 0 Å². The molecule has 12 atom stereocenters. The van der Waals surface area contributed by atoms with E-state index in [1.165, 1.54) is 89.9 Å². The molecule has 12 unspecified atom stereocenters. The second-order valence-electron chi connectivity index (χ2n) is 18.6. The highest BCUT2D eigenvalue weighted by Crippen LogP contribution is 2.30. The molecule has 0 aromatic carbocycles. The summed E-state index contributed by atoms with van der Waals surface area (Å²) in [5.41, 5.74) is 0. The predicted molar refractivity (Wildman–Crippen MR) is 263 cm³/mol. The molecule has 2 aliphatic heterocycles. The van der Waals surface area contributed by atoms with Gasteiger partial charge in [-0.3, -0.25) is 4.79 Å². The molecule has 0 aliphatic carbocycles. The molecule has 2 fully saturated rings. The summed E-state index contributed by atoms with van der Waals surface area (Å²) in [4.78, 5) is 13.2. The van der Waals surface area contributed by atoms with E-state index < -0.39 is 86.8 Å². The molecule has 67 heavy (non-hydrogen) atoms. The molecule has 0 saturated carbocycles. The molecule has 0 aromatic heterocycles. The summed E-state index contributed by atoms with van der Waals surface area (Å²) in [5, 5.41) is 86.8. The largest absolute Gasteiger partial charge is 0.394 e. The monoisotopic (exact) mass is 954 g/mol. The number of hydrogen-bond acceptors (Lipinski definition) is 13. The maximum atomic E-state index is 13.2. The molecule has 390 valence electrons. The van der Waals surface area contributed by atoms with E-state index in [4.69, 9.17) is 18.9 Å². The Morgan fingerprint density at radius 3 is 1.58 bits per heavy atom. The number of aliphatic hydroxyl groups is 8. The lowest BCUT2D eigenvalue weighted by Crippen LogP contribution is -2.65. The number of rotatable bonds is 40. The SMILES string of the molecule is CC/C=C\C/C=C\C/C=C\CCCCCCCC(=O)NC(COC1OC(CO)C(OC2OC(CO)C(O)C(O)C2O)C(O)C1O)C(O)/C=C/CCCCCCCCCCCCCCCCCC. The summed E-state index contributed by atoms with van der Waals surface area (Å²) in [6.45, 7) is 2.66. The third-order valence-electron chi connectivity index (χ3n) is 12.8. The van der Waals surface area contributed by atoms with E-state index in [-0.39, 0.29) is 18.9 Å². The zero-order valence-electron chi connectivity index (χ0n) is 41.4. The molecule has 14 nitrogen and oxygen atoms in total. The van der Waals surface area contributed by atoms with Crippen molar-refractivity contribution in [2.75, 3.05) is 19.8 Å². The van der Waals surface area contributed by atoms with E-state index in [1.54, 1.807) is 6.08 Å². The van der Waals surface area contributed by atoms with Crippen molar-refractivity contribution >= 4 is 5.91 Å². The predicted octanol–water partition coefficient (Wildman–Crippen LogP) is 7.27. The third-order valence-corrected chi connectivity index (χ3v) is 12.8. The highest BCUT2D eigenvalue weighted by Gasteiger charge is 2.51. The fraction of sp³-hybridized carbons (Fsp3) is 0.830. The van der Waals surface area contributed by atoms with Crippen molar-refractivity contribution < 1.29 is 64.6 Å². The van der Waals surface area contributed by atoms with Crippen molar-refractivity contribution in [3.8, 4) is 0 Å². The van der Waals surface area contributed by atoms with Gasteiger partial charge in [-0.1, -0.05) is 178 Å². The quantitative estimate of drug-likeness (QED) is 0.0218. The van der Waals surface area contributed by atoms with Gasteiger partial charge in [0, 0.05) is 6.42 Å². The van der Waals surface area contributed by atoms with Crippen LogP contribution in [-0.2, 0) is 23.7 Å². The number of aliphatic hydroxyl groups excluding tert-OH is 8.